The summed E-state index contributed by atoms with van der Waals surface area (Å²) >= 11 is 0. The number of hydrogen-bond acceptors (Lipinski definition) is 8. The van der Waals surface area contributed by atoms with Crippen LogP contribution in [0.4, 0.5) is 11.5 Å². The van der Waals surface area contributed by atoms with E-state index < -0.39 is 0 Å². The predicted octanol–water partition coefficient (Wildman–Crippen LogP) is 5.21. The monoisotopic (exact) mass is 560 g/mol. The molecule has 0 amide bonds. The Kier molecular flexibility index (Phi) is 9.73. The van der Waals surface area contributed by atoms with Crippen LogP contribution in [-0.2, 0) is 25.7 Å². The number of ether oxygens (including phenoxy) is 1. The van der Waals surface area contributed by atoms with E-state index in [2.05, 4.69) is 61.6 Å². The van der Waals surface area contributed by atoms with Crippen LogP contribution in [0, 0.1) is 11.5 Å². The van der Waals surface area contributed by atoms with E-state index >= 15 is 0 Å². The SMILES string of the molecule is CN[C@H]1CCc2ccc(N=C(NC#N)Oc3ccccc3)cc2CC1.NNc1cc2c(nn1)-c1ccccc1CCC2. The van der Waals surface area contributed by atoms with Gasteiger partial charge >= 0.3 is 6.02 Å². The molecular formula is C33H36N8O. The maximum absolute atomic E-state index is 8.95. The van der Waals surface area contributed by atoms with Gasteiger partial charge in [0.05, 0.1) is 11.4 Å². The van der Waals surface area contributed by atoms with E-state index in [0.29, 0.717) is 17.6 Å². The number of fused-ring (bicyclic) bond motifs is 4. The number of nitriles is 1. The largest absolute Gasteiger partial charge is 0.425 e. The highest BCUT2D eigenvalue weighted by Gasteiger charge is 2.17. The van der Waals surface area contributed by atoms with Crippen LogP contribution in [0.15, 0.2) is 83.9 Å². The van der Waals surface area contributed by atoms with Crippen molar-refractivity contribution in [3.05, 3.63) is 101 Å². The standard InChI is InChI=1S/C20H22N4O.C13H14N4/c1-22-17-10-7-15-8-12-18(13-16(15)9-11-17)24-20(23-14-21)25-19-5-3-2-4-6-19;14-15-12-8-10-6-3-5-9-4-1-2-7-11(9)13(10)17-16-12/h2-6,8,12-13,17,22H,7,9-11H2,1H3,(H,23,24);1-2,4,7-8H,3,5-6,14H2,(H,15,16)/t17-;/m0./s1. The van der Waals surface area contributed by atoms with Gasteiger partial charge in [-0.15, -0.1) is 10.2 Å². The number of rotatable bonds is 4. The van der Waals surface area contributed by atoms with E-state index in [1.54, 1.807) is 0 Å². The third kappa shape index (κ3) is 7.29. The lowest BCUT2D eigenvalue weighted by atomic mass is 10.0. The van der Waals surface area contributed by atoms with Gasteiger partial charge in [0.15, 0.2) is 12.0 Å². The molecule has 5 N–H and O–H groups in total. The molecule has 1 heterocycles. The second-order valence-corrected chi connectivity index (χ2v) is 10.3. The zero-order chi connectivity index (χ0) is 29.1. The Bertz CT molecular complexity index is 1560. The average molecular weight is 561 g/mol. The Labute approximate surface area is 246 Å². The predicted molar refractivity (Wildman–Crippen MR) is 166 cm³/mol. The van der Waals surface area contributed by atoms with Crippen LogP contribution in [0.5, 0.6) is 5.75 Å². The molecule has 0 unspecified atom stereocenters. The Morgan fingerprint density at radius 3 is 2.43 bits per heavy atom. The fourth-order valence-corrected chi connectivity index (χ4v) is 5.45. The molecule has 9 heteroatoms. The van der Waals surface area contributed by atoms with Gasteiger partial charge in [-0.3, -0.25) is 0 Å². The summed E-state index contributed by atoms with van der Waals surface area (Å²) in [6, 6.07) is 26.7. The number of benzene rings is 3. The maximum atomic E-state index is 8.95. The third-order valence-electron chi connectivity index (χ3n) is 7.66. The molecule has 0 saturated carbocycles. The first-order valence-corrected chi connectivity index (χ1v) is 14.3. The second-order valence-electron chi connectivity index (χ2n) is 10.3. The number of nitrogen functional groups attached to an aromatic ring is 1. The van der Waals surface area contributed by atoms with Gasteiger partial charge in [0, 0.05) is 11.6 Å². The summed E-state index contributed by atoms with van der Waals surface area (Å²) in [5, 5.41) is 23.2. The molecule has 0 saturated heterocycles. The van der Waals surface area contributed by atoms with Crippen LogP contribution < -0.4 is 26.6 Å². The van der Waals surface area contributed by atoms with Crippen molar-refractivity contribution in [2.45, 2.75) is 51.0 Å². The molecule has 0 fully saturated rings. The molecule has 4 aromatic rings. The zero-order valence-electron chi connectivity index (χ0n) is 23.8. The smallest absolute Gasteiger partial charge is 0.309 e. The summed E-state index contributed by atoms with van der Waals surface area (Å²) in [6.45, 7) is 0. The summed E-state index contributed by atoms with van der Waals surface area (Å²) in [5.41, 5.74) is 10.8. The van der Waals surface area contributed by atoms with Gasteiger partial charge in [0.2, 0.25) is 0 Å². The Morgan fingerprint density at radius 2 is 1.64 bits per heavy atom. The first-order valence-electron chi connectivity index (χ1n) is 14.3. The highest BCUT2D eigenvalue weighted by atomic mass is 16.5. The molecule has 0 spiro atoms. The summed E-state index contributed by atoms with van der Waals surface area (Å²) in [5.74, 6) is 6.63. The van der Waals surface area contributed by atoms with Gasteiger partial charge in [-0.05, 0) is 105 Å². The van der Waals surface area contributed by atoms with Gasteiger partial charge in [-0.25, -0.2) is 11.2 Å². The van der Waals surface area contributed by atoms with Gasteiger partial charge in [-0.2, -0.15) is 10.3 Å². The minimum atomic E-state index is 0.176. The topological polar surface area (TPSA) is 133 Å². The van der Waals surface area contributed by atoms with Crippen LogP contribution >= 0.6 is 0 Å². The van der Waals surface area contributed by atoms with Gasteiger partial charge in [0.25, 0.3) is 0 Å². The lowest BCUT2D eigenvalue weighted by molar-refractivity contribution is 0.503. The quantitative estimate of drug-likeness (QED) is 0.0509. The molecule has 0 bridgehead atoms. The van der Waals surface area contributed by atoms with Crippen molar-refractivity contribution in [2.24, 2.45) is 10.8 Å². The fourth-order valence-electron chi connectivity index (χ4n) is 5.45. The van der Waals surface area contributed by atoms with E-state index in [-0.39, 0.29) is 6.02 Å². The van der Waals surface area contributed by atoms with Crippen LogP contribution in [0.3, 0.4) is 0 Å². The van der Waals surface area contributed by atoms with Crippen LogP contribution in [0.2, 0.25) is 0 Å². The summed E-state index contributed by atoms with van der Waals surface area (Å²) in [6.07, 6.45) is 9.53. The van der Waals surface area contributed by atoms with Crippen LogP contribution in [0.1, 0.15) is 41.5 Å². The van der Waals surface area contributed by atoms with Crippen molar-refractivity contribution in [3.63, 3.8) is 0 Å². The summed E-state index contributed by atoms with van der Waals surface area (Å²) < 4.78 is 5.67. The van der Waals surface area contributed by atoms with E-state index in [9.17, 15) is 0 Å². The molecular weight excluding hydrogens is 524 g/mol. The Morgan fingerprint density at radius 1 is 0.881 bits per heavy atom. The molecule has 0 radical (unpaired) electrons. The lowest BCUT2D eigenvalue weighted by Gasteiger charge is -2.11. The number of nitrogens with two attached hydrogens (primary N) is 1. The maximum Gasteiger partial charge on any atom is 0.309 e. The number of para-hydroxylation sites is 1. The van der Waals surface area contributed by atoms with E-state index in [1.807, 2.05) is 61.8 Å². The van der Waals surface area contributed by atoms with Crippen molar-refractivity contribution in [1.82, 2.24) is 20.8 Å². The third-order valence-corrected chi connectivity index (χ3v) is 7.66. The number of amidine groups is 1. The number of aryl methyl sites for hydroxylation is 4. The summed E-state index contributed by atoms with van der Waals surface area (Å²) in [7, 11) is 2.02. The van der Waals surface area contributed by atoms with Crippen molar-refractivity contribution in [3.8, 4) is 23.2 Å². The zero-order valence-corrected chi connectivity index (χ0v) is 23.8. The highest BCUT2D eigenvalue weighted by molar-refractivity contribution is 5.80. The van der Waals surface area contributed by atoms with Gasteiger partial charge in [0.1, 0.15) is 5.75 Å². The molecule has 1 aromatic heterocycles. The first kappa shape index (κ1) is 28.7. The van der Waals surface area contributed by atoms with Crippen molar-refractivity contribution >= 4 is 17.5 Å². The second kappa shape index (κ2) is 14.2. The highest BCUT2D eigenvalue weighted by Crippen LogP contribution is 2.31. The minimum Gasteiger partial charge on any atom is -0.425 e. The molecule has 0 aliphatic heterocycles. The van der Waals surface area contributed by atoms with Crippen molar-refractivity contribution in [1.29, 1.82) is 5.26 Å². The average Bonchev–Trinajstić information content (AvgIpc) is 3.35. The molecule has 2 aliphatic carbocycles. The van der Waals surface area contributed by atoms with E-state index in [4.69, 9.17) is 15.8 Å². The first-order chi connectivity index (χ1) is 20.7. The summed E-state index contributed by atoms with van der Waals surface area (Å²) in [4.78, 5) is 4.47. The van der Waals surface area contributed by atoms with Crippen LogP contribution in [-0.4, -0.2) is 29.3 Å². The van der Waals surface area contributed by atoms with Gasteiger partial charge < -0.3 is 15.5 Å². The Balaban J connectivity index is 0.000000180. The minimum absolute atomic E-state index is 0.176. The van der Waals surface area contributed by atoms with Crippen LogP contribution in [0.25, 0.3) is 11.3 Å². The molecule has 6 rings (SSSR count). The van der Waals surface area contributed by atoms with Crippen molar-refractivity contribution < 1.29 is 4.74 Å². The number of hydrazine groups is 1. The number of aromatic nitrogens is 2. The fraction of sp³-hybridized carbons (Fsp3) is 0.273. The number of anilines is 1. The molecule has 1 atom stereocenters. The molecule has 9 nitrogen and oxygen atoms in total. The molecule has 3 aromatic carbocycles. The van der Waals surface area contributed by atoms with Crippen molar-refractivity contribution in [2.75, 3.05) is 12.5 Å². The number of nitrogens with one attached hydrogen (secondary N) is 3. The Hall–Kier alpha value is -4.78. The van der Waals surface area contributed by atoms with E-state index in [0.717, 1.165) is 56.3 Å². The normalized spacial score (nSPS) is 15.6. The molecule has 42 heavy (non-hydrogen) atoms. The number of hydrogen-bond donors (Lipinski definition) is 4. The molecule has 2 aliphatic rings. The van der Waals surface area contributed by atoms with Gasteiger partial charge in [-0.1, -0.05) is 48.5 Å². The number of nitrogens with zero attached hydrogens (tertiary/aromatic N) is 4. The number of aliphatic imine (C=N–C) groups is 1. The van der Waals surface area contributed by atoms with E-state index in [1.165, 1.54) is 27.8 Å². The lowest BCUT2D eigenvalue weighted by Crippen LogP contribution is -2.24. The molecule has 214 valence electrons.